The Morgan fingerprint density at radius 3 is 2.19 bits per heavy atom. The Kier molecular flexibility index (Phi) is 4.24. The molecule has 0 spiro atoms. The Morgan fingerprint density at radius 1 is 0.645 bits per heavy atom. The van der Waals surface area contributed by atoms with E-state index in [1.807, 2.05) is 24.5 Å². The molecule has 2 aromatic heterocycles. The van der Waals surface area contributed by atoms with Crippen LogP contribution >= 0.6 is 23.2 Å². The summed E-state index contributed by atoms with van der Waals surface area (Å²) in [5, 5.41) is 6.75. The van der Waals surface area contributed by atoms with Crippen molar-refractivity contribution in [1.29, 1.82) is 0 Å². The SMILES string of the molecule is Clc1cc2[nH]cc(-c3ccc4ccccc4c3-c3nccc4ccccc34)c2cc1Cl. The van der Waals surface area contributed by atoms with Gasteiger partial charge in [-0.2, -0.15) is 0 Å². The number of benzene rings is 4. The summed E-state index contributed by atoms with van der Waals surface area (Å²) in [6, 6.07) is 27.0. The van der Waals surface area contributed by atoms with Crippen molar-refractivity contribution in [3.8, 4) is 22.4 Å². The van der Waals surface area contributed by atoms with Crippen molar-refractivity contribution in [1.82, 2.24) is 9.97 Å². The van der Waals surface area contributed by atoms with Gasteiger partial charge in [0.25, 0.3) is 0 Å². The number of hydrogen-bond donors (Lipinski definition) is 1. The molecule has 0 saturated heterocycles. The van der Waals surface area contributed by atoms with Crippen LogP contribution in [-0.2, 0) is 0 Å². The molecule has 0 aliphatic carbocycles. The van der Waals surface area contributed by atoms with E-state index in [0.717, 1.165) is 38.7 Å². The second-order valence-electron chi connectivity index (χ2n) is 7.60. The van der Waals surface area contributed by atoms with Gasteiger partial charge in [-0.1, -0.05) is 83.9 Å². The van der Waals surface area contributed by atoms with Crippen LogP contribution in [0.3, 0.4) is 0 Å². The monoisotopic (exact) mass is 438 g/mol. The Hall–Kier alpha value is -3.33. The Labute approximate surface area is 189 Å². The molecule has 6 rings (SSSR count). The zero-order valence-electron chi connectivity index (χ0n) is 16.4. The van der Waals surface area contributed by atoms with Crippen molar-refractivity contribution >= 4 is 55.6 Å². The van der Waals surface area contributed by atoms with Gasteiger partial charge in [-0.15, -0.1) is 0 Å². The molecule has 0 radical (unpaired) electrons. The van der Waals surface area contributed by atoms with Crippen LogP contribution < -0.4 is 0 Å². The second kappa shape index (κ2) is 7.12. The predicted octanol–water partition coefficient (Wildman–Crippen LogP) is 8.51. The lowest BCUT2D eigenvalue weighted by Crippen LogP contribution is -1.92. The first kappa shape index (κ1) is 18.4. The van der Waals surface area contributed by atoms with Crippen LogP contribution in [-0.4, -0.2) is 9.97 Å². The normalized spacial score (nSPS) is 11.5. The minimum atomic E-state index is 0.539. The largest absolute Gasteiger partial charge is 0.360 e. The number of fused-ring (bicyclic) bond motifs is 3. The summed E-state index contributed by atoms with van der Waals surface area (Å²) in [7, 11) is 0. The molecule has 0 aliphatic heterocycles. The molecule has 0 amide bonds. The van der Waals surface area contributed by atoms with E-state index in [1.165, 1.54) is 16.2 Å². The quantitative estimate of drug-likeness (QED) is 0.288. The van der Waals surface area contributed by atoms with Gasteiger partial charge in [0.15, 0.2) is 0 Å². The Balaban J connectivity index is 1.76. The average Bonchev–Trinajstić information content (AvgIpc) is 3.20. The number of nitrogens with one attached hydrogen (secondary N) is 1. The lowest BCUT2D eigenvalue weighted by atomic mass is 9.90. The third-order valence-corrected chi connectivity index (χ3v) is 6.57. The molecular formula is C27H16Cl2N2. The summed E-state index contributed by atoms with van der Waals surface area (Å²) < 4.78 is 0. The Morgan fingerprint density at radius 2 is 1.35 bits per heavy atom. The fourth-order valence-corrected chi connectivity index (χ4v) is 4.74. The summed E-state index contributed by atoms with van der Waals surface area (Å²) in [5.74, 6) is 0. The molecule has 0 fully saturated rings. The van der Waals surface area contributed by atoms with Gasteiger partial charge in [0.1, 0.15) is 0 Å². The van der Waals surface area contributed by atoms with E-state index in [4.69, 9.17) is 28.2 Å². The maximum atomic E-state index is 6.38. The van der Waals surface area contributed by atoms with Crippen LogP contribution in [0.15, 0.2) is 91.3 Å². The molecule has 0 saturated carbocycles. The molecular weight excluding hydrogens is 423 g/mol. The van der Waals surface area contributed by atoms with Gasteiger partial charge in [-0.05, 0) is 39.9 Å². The van der Waals surface area contributed by atoms with E-state index in [1.54, 1.807) is 0 Å². The summed E-state index contributed by atoms with van der Waals surface area (Å²) in [6.07, 6.45) is 3.91. The number of H-pyrrole nitrogens is 1. The number of halogens is 2. The maximum absolute atomic E-state index is 6.38. The highest BCUT2D eigenvalue weighted by molar-refractivity contribution is 6.43. The fourth-order valence-electron chi connectivity index (χ4n) is 4.41. The summed E-state index contributed by atoms with van der Waals surface area (Å²) in [5.41, 5.74) is 5.21. The minimum Gasteiger partial charge on any atom is -0.360 e. The average molecular weight is 439 g/mol. The van der Waals surface area contributed by atoms with Crippen LogP contribution in [0.1, 0.15) is 0 Å². The molecule has 0 bridgehead atoms. The molecule has 0 atom stereocenters. The first-order valence-electron chi connectivity index (χ1n) is 10.0. The van der Waals surface area contributed by atoms with Gasteiger partial charge in [-0.3, -0.25) is 4.98 Å². The fraction of sp³-hybridized carbons (Fsp3) is 0. The summed E-state index contributed by atoms with van der Waals surface area (Å²) >= 11 is 12.6. The molecule has 6 aromatic rings. The van der Waals surface area contributed by atoms with Crippen LogP contribution in [0.2, 0.25) is 10.0 Å². The van der Waals surface area contributed by atoms with Gasteiger partial charge in [0.2, 0.25) is 0 Å². The van der Waals surface area contributed by atoms with E-state index in [2.05, 4.69) is 71.7 Å². The second-order valence-corrected chi connectivity index (χ2v) is 8.42. The standard InChI is InChI=1S/C27H16Cl2N2/c28-23-13-21-22(15-31-25(21)14-24(23)29)20-10-9-16-5-1-3-7-18(16)26(20)27-19-8-4-2-6-17(19)11-12-30-27/h1-15,31H. The van der Waals surface area contributed by atoms with E-state index >= 15 is 0 Å². The van der Waals surface area contributed by atoms with Gasteiger partial charge < -0.3 is 4.98 Å². The molecule has 31 heavy (non-hydrogen) atoms. The smallest absolute Gasteiger partial charge is 0.0792 e. The highest BCUT2D eigenvalue weighted by atomic mass is 35.5. The minimum absolute atomic E-state index is 0.539. The highest BCUT2D eigenvalue weighted by Crippen LogP contribution is 2.43. The van der Waals surface area contributed by atoms with E-state index < -0.39 is 0 Å². The molecule has 2 nitrogen and oxygen atoms in total. The predicted molar refractivity (Wildman–Crippen MR) is 132 cm³/mol. The third kappa shape index (κ3) is 2.91. The number of nitrogens with zero attached hydrogens (tertiary/aromatic N) is 1. The molecule has 2 heterocycles. The van der Waals surface area contributed by atoms with Gasteiger partial charge in [0.05, 0.1) is 15.7 Å². The molecule has 0 aliphatic rings. The number of hydrogen-bond acceptors (Lipinski definition) is 1. The van der Waals surface area contributed by atoms with Gasteiger partial charge in [-0.25, -0.2) is 0 Å². The van der Waals surface area contributed by atoms with Crippen LogP contribution in [0.4, 0.5) is 0 Å². The van der Waals surface area contributed by atoms with Gasteiger partial charge in [0, 0.05) is 39.8 Å². The van der Waals surface area contributed by atoms with E-state index in [0.29, 0.717) is 10.0 Å². The zero-order chi connectivity index (χ0) is 20.9. The van der Waals surface area contributed by atoms with E-state index in [9.17, 15) is 0 Å². The molecule has 4 heteroatoms. The first-order valence-corrected chi connectivity index (χ1v) is 10.8. The molecule has 0 unspecified atom stereocenters. The molecule has 4 aromatic carbocycles. The highest BCUT2D eigenvalue weighted by Gasteiger charge is 2.18. The van der Waals surface area contributed by atoms with Crippen LogP contribution in [0.25, 0.3) is 54.8 Å². The Bertz CT molecular complexity index is 1610. The van der Waals surface area contributed by atoms with E-state index in [-0.39, 0.29) is 0 Å². The third-order valence-electron chi connectivity index (χ3n) is 5.85. The van der Waals surface area contributed by atoms with Crippen LogP contribution in [0, 0.1) is 0 Å². The lowest BCUT2D eigenvalue weighted by molar-refractivity contribution is 1.36. The van der Waals surface area contributed by atoms with Crippen molar-refractivity contribution in [2.24, 2.45) is 0 Å². The van der Waals surface area contributed by atoms with Crippen molar-refractivity contribution in [2.75, 3.05) is 0 Å². The topological polar surface area (TPSA) is 28.7 Å². The van der Waals surface area contributed by atoms with Crippen molar-refractivity contribution < 1.29 is 0 Å². The number of aromatic nitrogens is 2. The van der Waals surface area contributed by atoms with Crippen molar-refractivity contribution in [3.05, 3.63) is 101 Å². The number of pyridine rings is 1. The number of aromatic amines is 1. The lowest BCUT2D eigenvalue weighted by Gasteiger charge is -2.15. The van der Waals surface area contributed by atoms with Gasteiger partial charge >= 0.3 is 0 Å². The first-order chi connectivity index (χ1) is 15.2. The van der Waals surface area contributed by atoms with Crippen LogP contribution in [0.5, 0.6) is 0 Å². The zero-order valence-corrected chi connectivity index (χ0v) is 17.9. The van der Waals surface area contributed by atoms with Crippen molar-refractivity contribution in [3.63, 3.8) is 0 Å². The molecule has 148 valence electrons. The maximum Gasteiger partial charge on any atom is 0.0792 e. The van der Waals surface area contributed by atoms with Crippen molar-refractivity contribution in [2.45, 2.75) is 0 Å². The number of rotatable bonds is 2. The summed E-state index contributed by atoms with van der Waals surface area (Å²) in [6.45, 7) is 0. The molecule has 1 N–H and O–H groups in total. The summed E-state index contributed by atoms with van der Waals surface area (Å²) in [4.78, 5) is 8.21.